The first-order valence-corrected chi connectivity index (χ1v) is 8.71. The second-order valence-electron chi connectivity index (χ2n) is 3.60. The Bertz CT molecular complexity index is 606. The standard InChI is InChI=1S/C8H15N7O2S3/c1-18-8(4-14-7(10)11,6-13-2-3-19-6)5(9)15-20(12,16)17/h2-3H,4H2,1H3,(H2,9,15)(H4,10,11,14)(H2,12,16,17). The molecule has 1 aromatic rings. The van der Waals surface area contributed by atoms with Gasteiger partial charge in [0.05, 0.1) is 6.54 Å². The summed E-state index contributed by atoms with van der Waals surface area (Å²) < 4.78 is 24.5. The summed E-state index contributed by atoms with van der Waals surface area (Å²) in [5.74, 6) is -0.379. The monoisotopic (exact) mass is 337 g/mol. The molecule has 0 bridgehead atoms. The molecule has 20 heavy (non-hydrogen) atoms. The Balaban J connectivity index is 3.40. The highest BCUT2D eigenvalue weighted by atomic mass is 32.2. The number of aromatic nitrogens is 1. The van der Waals surface area contributed by atoms with Gasteiger partial charge >= 0.3 is 10.2 Å². The van der Waals surface area contributed by atoms with E-state index in [-0.39, 0.29) is 18.3 Å². The van der Waals surface area contributed by atoms with Crippen molar-refractivity contribution in [1.29, 1.82) is 0 Å². The number of hydrogen-bond acceptors (Lipinski definition) is 6. The summed E-state index contributed by atoms with van der Waals surface area (Å²) in [6.07, 6.45) is 3.28. The van der Waals surface area contributed by atoms with Crippen LogP contribution in [-0.2, 0) is 15.0 Å². The lowest BCUT2D eigenvalue weighted by Gasteiger charge is -2.27. The Labute approximate surface area is 124 Å². The van der Waals surface area contributed by atoms with Crippen molar-refractivity contribution in [3.63, 3.8) is 0 Å². The summed E-state index contributed by atoms with van der Waals surface area (Å²) in [6, 6.07) is 0. The number of thiazole rings is 1. The number of nitrogens with zero attached hydrogens (tertiary/aromatic N) is 3. The summed E-state index contributed by atoms with van der Waals surface area (Å²) in [4.78, 5) is 8.04. The summed E-state index contributed by atoms with van der Waals surface area (Å²) in [7, 11) is -4.13. The van der Waals surface area contributed by atoms with E-state index in [1.54, 1.807) is 17.8 Å². The predicted molar refractivity (Wildman–Crippen MR) is 82.7 cm³/mol. The number of nitrogens with two attached hydrogens (primary N) is 4. The number of hydrogen-bond donors (Lipinski definition) is 4. The smallest absolute Gasteiger partial charge is 0.318 e. The minimum absolute atomic E-state index is 0.00509. The Morgan fingerprint density at radius 3 is 2.55 bits per heavy atom. The van der Waals surface area contributed by atoms with Gasteiger partial charge in [-0.15, -0.1) is 27.5 Å². The van der Waals surface area contributed by atoms with E-state index < -0.39 is 15.0 Å². The van der Waals surface area contributed by atoms with Gasteiger partial charge in [0.2, 0.25) is 0 Å². The average Bonchev–Trinajstić information content (AvgIpc) is 2.82. The number of guanidine groups is 1. The van der Waals surface area contributed by atoms with E-state index in [0.29, 0.717) is 5.01 Å². The molecule has 1 aromatic heterocycles. The number of aliphatic imine (C=N–C) groups is 1. The SMILES string of the molecule is CSC(CN=C(N)N)(C(N)=NS(N)(=O)=O)c1nccs1. The molecule has 9 nitrogen and oxygen atoms in total. The number of thioether (sulfide) groups is 1. The van der Waals surface area contributed by atoms with Crippen LogP contribution in [-0.4, -0.2) is 38.0 Å². The molecule has 1 rings (SSSR count). The minimum atomic E-state index is -4.13. The molecule has 1 heterocycles. The Kier molecular flexibility index (Phi) is 5.33. The van der Waals surface area contributed by atoms with Crippen LogP contribution in [0.5, 0.6) is 0 Å². The summed E-state index contributed by atoms with van der Waals surface area (Å²) in [5, 5.41) is 7.14. The largest absolute Gasteiger partial charge is 0.385 e. The molecule has 0 spiro atoms. The van der Waals surface area contributed by atoms with Crippen molar-refractivity contribution < 1.29 is 8.42 Å². The third-order valence-corrected chi connectivity index (χ3v) is 4.99. The number of rotatable bonds is 6. The van der Waals surface area contributed by atoms with Crippen LogP contribution < -0.4 is 22.3 Å². The lowest BCUT2D eigenvalue weighted by molar-refractivity contribution is 0.599. The molecular weight excluding hydrogens is 322 g/mol. The highest BCUT2D eigenvalue weighted by Gasteiger charge is 2.39. The van der Waals surface area contributed by atoms with Crippen LogP contribution in [0, 0.1) is 0 Å². The zero-order valence-corrected chi connectivity index (χ0v) is 13.0. The molecule has 8 N–H and O–H groups in total. The first kappa shape index (κ1) is 16.7. The normalized spacial score (nSPS) is 15.6. The fraction of sp³-hybridized carbons (Fsp3) is 0.375. The van der Waals surface area contributed by atoms with Crippen molar-refractivity contribution in [2.45, 2.75) is 4.75 Å². The first-order chi connectivity index (χ1) is 9.21. The fourth-order valence-electron chi connectivity index (χ4n) is 1.35. The van der Waals surface area contributed by atoms with Crippen molar-refractivity contribution in [3.05, 3.63) is 16.6 Å². The van der Waals surface area contributed by atoms with E-state index in [0.717, 1.165) is 0 Å². The molecular formula is C8H15N7O2S3. The van der Waals surface area contributed by atoms with Crippen LogP contribution in [0.4, 0.5) is 0 Å². The summed E-state index contributed by atoms with van der Waals surface area (Å²) in [5.41, 5.74) is 16.4. The quantitative estimate of drug-likeness (QED) is 0.362. The molecule has 112 valence electrons. The van der Waals surface area contributed by atoms with Crippen LogP contribution in [0.3, 0.4) is 0 Å². The van der Waals surface area contributed by atoms with Gasteiger partial charge in [-0.1, -0.05) is 0 Å². The number of amidine groups is 1. The summed E-state index contributed by atoms with van der Waals surface area (Å²) in [6.45, 7) is -0.00509. The molecule has 12 heteroatoms. The first-order valence-electron chi connectivity index (χ1n) is 5.10. The topological polar surface area (TPSA) is 176 Å². The molecule has 0 fully saturated rings. The maximum absolute atomic E-state index is 11.1. The molecule has 0 aromatic carbocycles. The lowest BCUT2D eigenvalue weighted by Crippen LogP contribution is -2.43. The molecule has 0 aliphatic rings. The van der Waals surface area contributed by atoms with Crippen LogP contribution in [0.25, 0.3) is 0 Å². The molecule has 0 aliphatic heterocycles. The van der Waals surface area contributed by atoms with E-state index in [4.69, 9.17) is 22.3 Å². The maximum Gasteiger partial charge on any atom is 0.318 e. The third kappa shape index (κ3) is 4.06. The lowest BCUT2D eigenvalue weighted by atomic mass is 10.1. The molecule has 0 saturated carbocycles. The average molecular weight is 337 g/mol. The van der Waals surface area contributed by atoms with Gasteiger partial charge in [0.1, 0.15) is 15.6 Å². The van der Waals surface area contributed by atoms with Crippen molar-refractivity contribution in [2.24, 2.45) is 31.7 Å². The Morgan fingerprint density at radius 1 is 1.50 bits per heavy atom. The minimum Gasteiger partial charge on any atom is -0.385 e. The molecule has 0 aliphatic carbocycles. The van der Waals surface area contributed by atoms with E-state index in [1.807, 2.05) is 0 Å². The highest BCUT2D eigenvalue weighted by Crippen LogP contribution is 2.37. The third-order valence-electron chi connectivity index (χ3n) is 2.25. The molecule has 1 unspecified atom stereocenters. The predicted octanol–water partition coefficient (Wildman–Crippen LogP) is -1.46. The Hall–Kier alpha value is -1.37. The van der Waals surface area contributed by atoms with E-state index in [9.17, 15) is 8.42 Å². The van der Waals surface area contributed by atoms with Gasteiger partial charge in [0.25, 0.3) is 0 Å². The van der Waals surface area contributed by atoms with Crippen LogP contribution in [0.15, 0.2) is 21.0 Å². The summed E-state index contributed by atoms with van der Waals surface area (Å²) >= 11 is 2.50. The van der Waals surface area contributed by atoms with E-state index >= 15 is 0 Å². The van der Waals surface area contributed by atoms with E-state index in [2.05, 4.69) is 14.4 Å². The van der Waals surface area contributed by atoms with Crippen molar-refractivity contribution in [2.75, 3.05) is 12.8 Å². The highest BCUT2D eigenvalue weighted by molar-refractivity contribution is 8.00. The second kappa shape index (κ2) is 6.39. The van der Waals surface area contributed by atoms with Gasteiger partial charge in [0.15, 0.2) is 5.96 Å². The maximum atomic E-state index is 11.1. The van der Waals surface area contributed by atoms with Crippen LogP contribution >= 0.6 is 23.1 Å². The Morgan fingerprint density at radius 2 is 2.15 bits per heavy atom. The van der Waals surface area contributed by atoms with Crippen LogP contribution in [0.1, 0.15) is 5.01 Å². The van der Waals surface area contributed by atoms with Gasteiger partial charge in [-0.2, -0.15) is 8.42 Å². The van der Waals surface area contributed by atoms with Gasteiger partial charge < -0.3 is 17.2 Å². The van der Waals surface area contributed by atoms with Crippen molar-refractivity contribution >= 4 is 45.1 Å². The van der Waals surface area contributed by atoms with E-state index in [1.165, 1.54) is 23.1 Å². The van der Waals surface area contributed by atoms with Gasteiger partial charge in [-0.05, 0) is 6.26 Å². The van der Waals surface area contributed by atoms with Gasteiger partial charge in [0, 0.05) is 11.6 Å². The fourth-order valence-corrected chi connectivity index (χ4v) is 3.64. The van der Waals surface area contributed by atoms with Crippen LogP contribution in [0.2, 0.25) is 0 Å². The molecule has 0 amide bonds. The zero-order chi connectivity index (χ0) is 15.4. The second-order valence-corrected chi connectivity index (χ2v) is 6.81. The molecule has 0 saturated heterocycles. The molecule has 1 atom stereocenters. The van der Waals surface area contributed by atoms with Crippen molar-refractivity contribution in [3.8, 4) is 0 Å². The zero-order valence-electron chi connectivity index (χ0n) is 10.6. The van der Waals surface area contributed by atoms with Crippen molar-refractivity contribution in [1.82, 2.24) is 4.98 Å². The van der Waals surface area contributed by atoms with Gasteiger partial charge in [-0.25, -0.2) is 10.1 Å². The molecule has 0 radical (unpaired) electrons. The van der Waals surface area contributed by atoms with Gasteiger partial charge in [-0.3, -0.25) is 4.99 Å².